The van der Waals surface area contributed by atoms with E-state index in [-0.39, 0.29) is 12.0 Å². The highest BCUT2D eigenvalue weighted by atomic mass is 16.6. The molecule has 1 aromatic heterocycles. The molecular weight excluding hydrogens is 472 g/mol. The minimum absolute atomic E-state index is 0.236. The topological polar surface area (TPSA) is 102 Å². The van der Waals surface area contributed by atoms with Crippen molar-refractivity contribution in [1.29, 1.82) is 0 Å². The molecule has 9 nitrogen and oxygen atoms in total. The summed E-state index contributed by atoms with van der Waals surface area (Å²) < 4.78 is 16.8. The van der Waals surface area contributed by atoms with Crippen molar-refractivity contribution in [2.75, 3.05) is 35.3 Å². The van der Waals surface area contributed by atoms with Crippen LogP contribution in [0, 0.1) is 0 Å². The SMILES string of the molecule is CC(C)(C)OC(=O)CCCOc1cccc(Nc2ccc3c(n2)N(C(=O)Nc2ccccc2)CCO3)c1. The van der Waals surface area contributed by atoms with E-state index in [0.717, 1.165) is 5.69 Å². The van der Waals surface area contributed by atoms with Gasteiger partial charge < -0.3 is 24.8 Å². The number of anilines is 4. The number of aromatic nitrogens is 1. The molecule has 0 saturated heterocycles. The summed E-state index contributed by atoms with van der Waals surface area (Å²) in [5.74, 6) is 1.98. The van der Waals surface area contributed by atoms with E-state index in [4.69, 9.17) is 14.2 Å². The molecule has 0 bridgehead atoms. The minimum atomic E-state index is -0.489. The number of rotatable bonds is 8. The number of ether oxygens (including phenoxy) is 3. The fourth-order valence-corrected chi connectivity index (χ4v) is 3.68. The third-order valence-electron chi connectivity index (χ3n) is 5.26. The standard InChI is InChI=1S/C28H32N4O5/c1-28(2,3)37-25(33)13-8-17-35-22-12-7-11-21(19-22)29-24-15-14-23-26(31-24)32(16-18-36-23)27(34)30-20-9-5-4-6-10-20/h4-7,9-12,14-15,19H,8,13,16-18H2,1-3H3,(H,29,31)(H,30,34). The summed E-state index contributed by atoms with van der Waals surface area (Å²) in [6.45, 7) is 6.71. The number of carbonyl (C=O) groups is 2. The number of amides is 2. The van der Waals surface area contributed by atoms with Gasteiger partial charge in [-0.05, 0) is 63.6 Å². The Hall–Kier alpha value is -4.27. The van der Waals surface area contributed by atoms with Crippen LogP contribution in [0.4, 0.5) is 27.8 Å². The molecule has 3 aromatic rings. The number of nitrogens with zero attached hydrogens (tertiary/aromatic N) is 2. The second-order valence-corrected chi connectivity index (χ2v) is 9.51. The van der Waals surface area contributed by atoms with Crippen LogP contribution in [-0.4, -0.2) is 42.3 Å². The van der Waals surface area contributed by atoms with E-state index in [1.165, 1.54) is 0 Å². The molecule has 2 N–H and O–H groups in total. The average Bonchev–Trinajstić information content (AvgIpc) is 2.86. The van der Waals surface area contributed by atoms with Gasteiger partial charge in [0, 0.05) is 23.9 Å². The largest absolute Gasteiger partial charge is 0.494 e. The van der Waals surface area contributed by atoms with Crippen molar-refractivity contribution in [1.82, 2.24) is 4.98 Å². The van der Waals surface area contributed by atoms with Gasteiger partial charge in [-0.3, -0.25) is 9.69 Å². The molecule has 2 aromatic carbocycles. The van der Waals surface area contributed by atoms with Gasteiger partial charge in [-0.2, -0.15) is 0 Å². The number of esters is 1. The molecule has 0 saturated carbocycles. The molecule has 0 radical (unpaired) electrons. The Morgan fingerprint density at radius 3 is 2.59 bits per heavy atom. The van der Waals surface area contributed by atoms with Crippen LogP contribution in [-0.2, 0) is 9.53 Å². The summed E-state index contributed by atoms with van der Waals surface area (Å²) >= 11 is 0. The predicted octanol–water partition coefficient (Wildman–Crippen LogP) is 5.76. The van der Waals surface area contributed by atoms with E-state index in [0.29, 0.717) is 61.4 Å². The number of urea groups is 1. The molecule has 0 atom stereocenters. The monoisotopic (exact) mass is 504 g/mol. The molecule has 194 valence electrons. The molecule has 0 aliphatic carbocycles. The maximum atomic E-state index is 12.9. The van der Waals surface area contributed by atoms with Crippen LogP contribution >= 0.6 is 0 Å². The first kappa shape index (κ1) is 25.8. The first-order chi connectivity index (χ1) is 17.8. The van der Waals surface area contributed by atoms with E-state index in [1.54, 1.807) is 17.0 Å². The van der Waals surface area contributed by atoms with Gasteiger partial charge >= 0.3 is 12.0 Å². The molecule has 4 rings (SSSR count). The Morgan fingerprint density at radius 1 is 1.03 bits per heavy atom. The van der Waals surface area contributed by atoms with Crippen molar-refractivity contribution in [3.05, 3.63) is 66.7 Å². The summed E-state index contributed by atoms with van der Waals surface area (Å²) in [7, 11) is 0. The number of fused-ring (bicyclic) bond motifs is 1. The van der Waals surface area contributed by atoms with Gasteiger partial charge in [0.15, 0.2) is 11.6 Å². The van der Waals surface area contributed by atoms with E-state index >= 15 is 0 Å². The quantitative estimate of drug-likeness (QED) is 0.297. The van der Waals surface area contributed by atoms with Crippen molar-refractivity contribution >= 4 is 35.0 Å². The summed E-state index contributed by atoms with van der Waals surface area (Å²) in [6, 6.07) is 20.1. The lowest BCUT2D eigenvalue weighted by atomic mass is 10.2. The fourth-order valence-electron chi connectivity index (χ4n) is 3.68. The van der Waals surface area contributed by atoms with Gasteiger partial charge in [-0.1, -0.05) is 24.3 Å². The number of nitrogens with one attached hydrogen (secondary N) is 2. The first-order valence-electron chi connectivity index (χ1n) is 12.3. The van der Waals surface area contributed by atoms with E-state index in [9.17, 15) is 9.59 Å². The molecule has 1 aliphatic heterocycles. The van der Waals surface area contributed by atoms with Crippen molar-refractivity contribution < 1.29 is 23.8 Å². The molecule has 9 heteroatoms. The zero-order chi connectivity index (χ0) is 26.3. The van der Waals surface area contributed by atoms with Crippen LogP contribution < -0.4 is 25.0 Å². The number of carbonyl (C=O) groups excluding carboxylic acids is 2. The normalized spacial score (nSPS) is 12.7. The van der Waals surface area contributed by atoms with Crippen LogP contribution in [0.5, 0.6) is 11.5 Å². The lowest BCUT2D eigenvalue weighted by molar-refractivity contribution is -0.155. The Labute approximate surface area is 216 Å². The highest BCUT2D eigenvalue weighted by molar-refractivity contribution is 6.02. The molecule has 37 heavy (non-hydrogen) atoms. The summed E-state index contributed by atoms with van der Waals surface area (Å²) in [5, 5.41) is 6.16. The van der Waals surface area contributed by atoms with Gasteiger partial charge in [0.1, 0.15) is 23.8 Å². The average molecular weight is 505 g/mol. The van der Waals surface area contributed by atoms with Crippen molar-refractivity contribution in [3.63, 3.8) is 0 Å². The van der Waals surface area contributed by atoms with E-state index in [1.807, 2.05) is 75.4 Å². The highest BCUT2D eigenvalue weighted by Crippen LogP contribution is 2.32. The van der Waals surface area contributed by atoms with Gasteiger partial charge in [-0.25, -0.2) is 9.78 Å². The van der Waals surface area contributed by atoms with Crippen LogP contribution in [0.3, 0.4) is 0 Å². The Kier molecular flexibility index (Phi) is 8.12. The van der Waals surface area contributed by atoms with Gasteiger partial charge in [0.2, 0.25) is 0 Å². The molecule has 1 aliphatic rings. The molecule has 0 unspecified atom stereocenters. The molecule has 0 fully saturated rings. The predicted molar refractivity (Wildman–Crippen MR) is 143 cm³/mol. The lowest BCUT2D eigenvalue weighted by Gasteiger charge is -2.28. The van der Waals surface area contributed by atoms with Crippen LogP contribution in [0.25, 0.3) is 0 Å². The number of hydrogen-bond acceptors (Lipinski definition) is 7. The van der Waals surface area contributed by atoms with Crippen LogP contribution in [0.15, 0.2) is 66.7 Å². The first-order valence-corrected chi connectivity index (χ1v) is 12.3. The summed E-state index contributed by atoms with van der Waals surface area (Å²) in [4.78, 5) is 31.0. The molecule has 2 amide bonds. The third-order valence-corrected chi connectivity index (χ3v) is 5.26. The maximum absolute atomic E-state index is 12.9. The number of hydrogen-bond donors (Lipinski definition) is 2. The molecule has 2 heterocycles. The van der Waals surface area contributed by atoms with Crippen LogP contribution in [0.2, 0.25) is 0 Å². The van der Waals surface area contributed by atoms with E-state index in [2.05, 4.69) is 15.6 Å². The zero-order valence-electron chi connectivity index (χ0n) is 21.3. The maximum Gasteiger partial charge on any atom is 0.327 e. The van der Waals surface area contributed by atoms with Gasteiger partial charge in [-0.15, -0.1) is 0 Å². The Morgan fingerprint density at radius 2 is 1.81 bits per heavy atom. The number of para-hydroxylation sites is 1. The molecular formula is C28H32N4O5. The smallest absolute Gasteiger partial charge is 0.327 e. The van der Waals surface area contributed by atoms with Crippen molar-refractivity contribution in [2.24, 2.45) is 0 Å². The number of pyridine rings is 1. The fraction of sp³-hybridized carbons (Fsp3) is 0.321. The van der Waals surface area contributed by atoms with E-state index < -0.39 is 5.60 Å². The second-order valence-electron chi connectivity index (χ2n) is 9.51. The summed E-state index contributed by atoms with van der Waals surface area (Å²) in [6.07, 6.45) is 0.852. The van der Waals surface area contributed by atoms with Gasteiger partial charge in [0.25, 0.3) is 0 Å². The number of benzene rings is 2. The summed E-state index contributed by atoms with van der Waals surface area (Å²) in [5.41, 5.74) is 0.990. The highest BCUT2D eigenvalue weighted by Gasteiger charge is 2.26. The Bertz CT molecular complexity index is 1230. The lowest BCUT2D eigenvalue weighted by Crippen LogP contribution is -2.41. The minimum Gasteiger partial charge on any atom is -0.494 e. The second kappa shape index (κ2) is 11.6. The van der Waals surface area contributed by atoms with Crippen molar-refractivity contribution in [2.45, 2.75) is 39.2 Å². The van der Waals surface area contributed by atoms with Crippen LogP contribution in [0.1, 0.15) is 33.6 Å². The molecule has 0 spiro atoms. The van der Waals surface area contributed by atoms with Gasteiger partial charge in [0.05, 0.1) is 13.2 Å². The third kappa shape index (κ3) is 7.60. The zero-order valence-corrected chi connectivity index (χ0v) is 21.3. The van der Waals surface area contributed by atoms with Crippen molar-refractivity contribution in [3.8, 4) is 11.5 Å². The Balaban J connectivity index is 1.36.